The highest BCUT2D eigenvalue weighted by molar-refractivity contribution is 6.37. The zero-order valence-electron chi connectivity index (χ0n) is 15.7. The van der Waals surface area contributed by atoms with E-state index < -0.39 is 0 Å². The smallest absolute Gasteiger partial charge is 0.138 e. The number of fused-ring (bicyclic) bond motifs is 1. The molecule has 0 amide bonds. The molecule has 0 saturated carbocycles. The molecule has 0 atom stereocenters. The van der Waals surface area contributed by atoms with E-state index in [1.807, 2.05) is 24.3 Å². The van der Waals surface area contributed by atoms with Crippen LogP contribution in [0.5, 0.6) is 11.5 Å². The minimum absolute atomic E-state index is 0.668. The Labute approximate surface area is 167 Å². The van der Waals surface area contributed by atoms with Crippen LogP contribution in [-0.2, 0) is 0 Å². The lowest BCUT2D eigenvalue weighted by molar-refractivity contribution is 0.304. The van der Waals surface area contributed by atoms with Crippen molar-refractivity contribution in [3.8, 4) is 11.5 Å². The van der Waals surface area contributed by atoms with E-state index in [1.54, 1.807) is 0 Å². The molecule has 0 unspecified atom stereocenters. The lowest BCUT2D eigenvalue weighted by atomic mass is 10.1. The first kappa shape index (κ1) is 21.2. The van der Waals surface area contributed by atoms with Gasteiger partial charge in [0.2, 0.25) is 0 Å². The summed E-state index contributed by atoms with van der Waals surface area (Å²) in [6.45, 7) is 3.67. The number of halogens is 2. The summed E-state index contributed by atoms with van der Waals surface area (Å²) in [4.78, 5) is 0. The van der Waals surface area contributed by atoms with Crippen LogP contribution in [0.25, 0.3) is 10.8 Å². The largest absolute Gasteiger partial charge is 0.494 e. The molecule has 0 spiro atoms. The van der Waals surface area contributed by atoms with Gasteiger partial charge in [0.05, 0.1) is 18.2 Å². The van der Waals surface area contributed by atoms with Crippen molar-refractivity contribution in [3.05, 3.63) is 35.4 Å². The van der Waals surface area contributed by atoms with E-state index in [2.05, 4.69) is 13.0 Å². The molecular weight excluding hydrogens is 367 g/mol. The van der Waals surface area contributed by atoms with Crippen LogP contribution >= 0.6 is 23.2 Å². The Bertz CT molecular complexity index is 658. The maximum atomic E-state index is 6.52. The summed E-state index contributed by atoms with van der Waals surface area (Å²) in [6, 6.07) is 10.1. The Hall–Kier alpha value is -1.12. The molecule has 0 aromatic heterocycles. The number of ether oxygens (including phenoxy) is 2. The van der Waals surface area contributed by atoms with E-state index in [-0.39, 0.29) is 0 Å². The van der Waals surface area contributed by atoms with Crippen LogP contribution in [-0.4, -0.2) is 19.1 Å². The number of unbranched alkanes of at least 4 members (excludes halogenated alkanes) is 6. The second kappa shape index (κ2) is 12.3. The molecule has 0 bridgehead atoms. The minimum atomic E-state index is 0.668. The van der Waals surface area contributed by atoms with Gasteiger partial charge in [-0.3, -0.25) is 0 Å². The Morgan fingerprint density at radius 3 is 2.31 bits per heavy atom. The highest BCUT2D eigenvalue weighted by atomic mass is 35.5. The van der Waals surface area contributed by atoms with Crippen molar-refractivity contribution in [1.82, 2.24) is 0 Å². The van der Waals surface area contributed by atoms with E-state index >= 15 is 0 Å². The number of hydrogen-bond donors (Lipinski definition) is 0. The van der Waals surface area contributed by atoms with E-state index in [1.165, 1.54) is 25.7 Å². The molecule has 2 aromatic rings. The lowest BCUT2D eigenvalue weighted by Gasteiger charge is -2.12. The maximum Gasteiger partial charge on any atom is 0.138 e. The minimum Gasteiger partial charge on any atom is -0.494 e. The molecule has 0 aliphatic rings. The van der Waals surface area contributed by atoms with E-state index in [9.17, 15) is 0 Å². The van der Waals surface area contributed by atoms with Gasteiger partial charge in [-0.2, -0.15) is 0 Å². The highest BCUT2D eigenvalue weighted by Gasteiger charge is 2.08. The average Bonchev–Trinajstić information content (AvgIpc) is 2.66. The Kier molecular flexibility index (Phi) is 10.0. The van der Waals surface area contributed by atoms with Gasteiger partial charge < -0.3 is 9.47 Å². The highest BCUT2D eigenvalue weighted by Crippen LogP contribution is 2.34. The average molecular weight is 397 g/mol. The Balaban J connectivity index is 1.88. The molecule has 2 aromatic carbocycles. The summed E-state index contributed by atoms with van der Waals surface area (Å²) in [5.41, 5.74) is 0. The second-order valence-electron chi connectivity index (χ2n) is 6.62. The fourth-order valence-corrected chi connectivity index (χ4v) is 3.38. The Morgan fingerprint density at radius 1 is 0.808 bits per heavy atom. The molecule has 144 valence electrons. The van der Waals surface area contributed by atoms with Crippen molar-refractivity contribution in [2.45, 2.75) is 58.3 Å². The normalized spacial score (nSPS) is 11.0. The predicted octanol–water partition coefficient (Wildman–Crippen LogP) is 7.63. The van der Waals surface area contributed by atoms with E-state index in [0.717, 1.165) is 54.6 Å². The molecule has 0 heterocycles. The summed E-state index contributed by atoms with van der Waals surface area (Å²) in [6.07, 6.45) is 9.31. The van der Waals surface area contributed by atoms with Gasteiger partial charge in [-0.05, 0) is 55.3 Å². The molecule has 0 radical (unpaired) electrons. The fraction of sp³-hybridized carbons (Fsp3) is 0.545. The first-order valence-corrected chi connectivity index (χ1v) is 10.7. The number of rotatable bonds is 13. The number of hydrogen-bond acceptors (Lipinski definition) is 2. The molecule has 2 nitrogen and oxygen atoms in total. The summed E-state index contributed by atoms with van der Waals surface area (Å²) in [5, 5.41) is 2.75. The van der Waals surface area contributed by atoms with Crippen LogP contribution in [0.2, 0.25) is 5.02 Å². The monoisotopic (exact) mass is 396 g/mol. The van der Waals surface area contributed by atoms with Crippen molar-refractivity contribution in [3.63, 3.8) is 0 Å². The zero-order chi connectivity index (χ0) is 18.6. The van der Waals surface area contributed by atoms with Crippen molar-refractivity contribution in [2.75, 3.05) is 19.1 Å². The van der Waals surface area contributed by atoms with Gasteiger partial charge in [-0.25, -0.2) is 0 Å². The molecule has 0 aliphatic heterocycles. The molecular formula is C22H30Cl2O2. The predicted molar refractivity (Wildman–Crippen MR) is 113 cm³/mol. The van der Waals surface area contributed by atoms with E-state index in [4.69, 9.17) is 32.7 Å². The molecule has 0 saturated heterocycles. The van der Waals surface area contributed by atoms with Gasteiger partial charge >= 0.3 is 0 Å². The number of benzene rings is 2. The third kappa shape index (κ3) is 6.89. The van der Waals surface area contributed by atoms with E-state index in [0.29, 0.717) is 17.5 Å². The van der Waals surface area contributed by atoms with Crippen LogP contribution < -0.4 is 9.47 Å². The van der Waals surface area contributed by atoms with Crippen molar-refractivity contribution < 1.29 is 9.47 Å². The SMILES string of the molecule is CCCCCCCOc1ccc2c(Cl)c(OCCCCCCl)ccc2c1. The lowest BCUT2D eigenvalue weighted by Crippen LogP contribution is -1.99. The molecule has 0 N–H and O–H groups in total. The zero-order valence-corrected chi connectivity index (χ0v) is 17.2. The van der Waals surface area contributed by atoms with Gasteiger partial charge in [0.25, 0.3) is 0 Å². The standard InChI is InChI=1S/C22H30Cl2O2/c1-2-3-4-5-8-15-25-19-11-12-20-18(17-19)10-13-21(22(20)24)26-16-9-6-7-14-23/h10-13,17H,2-9,14-16H2,1H3. The van der Waals surface area contributed by atoms with Crippen LogP contribution in [0.3, 0.4) is 0 Å². The molecule has 0 fully saturated rings. The van der Waals surface area contributed by atoms with Crippen molar-refractivity contribution >= 4 is 34.0 Å². The third-order valence-corrected chi connectivity index (χ3v) is 5.10. The summed E-state index contributed by atoms with van der Waals surface area (Å²) >= 11 is 12.2. The van der Waals surface area contributed by atoms with Crippen LogP contribution in [0.15, 0.2) is 30.3 Å². The van der Waals surface area contributed by atoms with Crippen LogP contribution in [0, 0.1) is 0 Å². The van der Waals surface area contributed by atoms with Crippen molar-refractivity contribution in [2.24, 2.45) is 0 Å². The fourth-order valence-electron chi connectivity index (χ4n) is 2.90. The summed E-state index contributed by atoms with van der Waals surface area (Å²) in [5.74, 6) is 2.35. The summed E-state index contributed by atoms with van der Waals surface area (Å²) in [7, 11) is 0. The quantitative estimate of drug-likeness (QED) is 0.255. The second-order valence-corrected chi connectivity index (χ2v) is 7.38. The molecule has 0 aliphatic carbocycles. The molecule has 2 rings (SSSR count). The topological polar surface area (TPSA) is 18.5 Å². The maximum absolute atomic E-state index is 6.52. The van der Waals surface area contributed by atoms with Crippen molar-refractivity contribution in [1.29, 1.82) is 0 Å². The third-order valence-electron chi connectivity index (χ3n) is 4.44. The summed E-state index contributed by atoms with van der Waals surface area (Å²) < 4.78 is 11.7. The molecule has 4 heteroatoms. The van der Waals surface area contributed by atoms with Crippen LogP contribution in [0.1, 0.15) is 58.3 Å². The van der Waals surface area contributed by atoms with Gasteiger partial charge in [0.1, 0.15) is 11.5 Å². The van der Waals surface area contributed by atoms with Gasteiger partial charge in [-0.1, -0.05) is 50.3 Å². The van der Waals surface area contributed by atoms with Crippen LogP contribution in [0.4, 0.5) is 0 Å². The Morgan fingerprint density at radius 2 is 1.54 bits per heavy atom. The van der Waals surface area contributed by atoms with Gasteiger partial charge in [0, 0.05) is 11.3 Å². The van der Waals surface area contributed by atoms with Gasteiger partial charge in [0.15, 0.2) is 0 Å². The first-order chi connectivity index (χ1) is 12.8. The van der Waals surface area contributed by atoms with Gasteiger partial charge in [-0.15, -0.1) is 11.6 Å². The first-order valence-electron chi connectivity index (χ1n) is 9.80. The molecule has 26 heavy (non-hydrogen) atoms. The number of alkyl halides is 1.